The van der Waals surface area contributed by atoms with Crippen LogP contribution >= 0.6 is 27.5 Å². The summed E-state index contributed by atoms with van der Waals surface area (Å²) in [4.78, 5) is 4.46. The number of benzene rings is 2. The number of fused-ring (bicyclic) bond motifs is 1. The lowest BCUT2D eigenvalue weighted by molar-refractivity contribution is 0.573. The van der Waals surface area contributed by atoms with Crippen molar-refractivity contribution >= 4 is 38.6 Å². The van der Waals surface area contributed by atoms with Crippen molar-refractivity contribution in [3.63, 3.8) is 0 Å². The summed E-state index contributed by atoms with van der Waals surface area (Å²) < 4.78 is 29.4. The maximum Gasteiger partial charge on any atom is 0.150 e. The van der Waals surface area contributed by atoms with Gasteiger partial charge in [-0.1, -0.05) is 12.1 Å². The summed E-state index contributed by atoms with van der Waals surface area (Å²) in [6, 6.07) is 7.87. The van der Waals surface area contributed by atoms with E-state index in [4.69, 9.17) is 11.6 Å². The molecule has 6 heteroatoms. The van der Waals surface area contributed by atoms with Crippen LogP contribution in [0.25, 0.3) is 16.7 Å². The molecule has 0 bridgehead atoms. The van der Waals surface area contributed by atoms with E-state index in [0.717, 1.165) is 22.7 Å². The van der Waals surface area contributed by atoms with Crippen molar-refractivity contribution in [1.82, 2.24) is 9.55 Å². The Morgan fingerprint density at radius 1 is 1.24 bits per heavy atom. The minimum atomic E-state index is -0.664. The first-order valence-electron chi connectivity index (χ1n) is 6.20. The normalized spacial score (nSPS) is 11.3. The molecule has 1 heterocycles. The average Bonchev–Trinajstić information content (AvgIpc) is 2.83. The number of alkyl halides is 1. The van der Waals surface area contributed by atoms with Gasteiger partial charge in [0.2, 0.25) is 0 Å². The Morgan fingerprint density at radius 3 is 2.71 bits per heavy atom. The van der Waals surface area contributed by atoms with Crippen LogP contribution in [0.5, 0.6) is 0 Å². The number of imidazole rings is 1. The van der Waals surface area contributed by atoms with Crippen LogP contribution in [-0.2, 0) is 5.88 Å². The van der Waals surface area contributed by atoms with Crippen LogP contribution in [0.4, 0.5) is 8.78 Å². The Kier molecular flexibility index (Phi) is 3.71. The highest BCUT2D eigenvalue weighted by molar-refractivity contribution is 9.10. The standard InChI is InChI=1S/C15H10BrClF2N2/c1-8-3-2-4-12-15(8)20-14(7-17)21(12)13-5-9(16)10(18)6-11(13)19/h2-6H,7H2,1H3. The van der Waals surface area contributed by atoms with Gasteiger partial charge < -0.3 is 0 Å². The Morgan fingerprint density at radius 2 is 2.00 bits per heavy atom. The first-order valence-corrected chi connectivity index (χ1v) is 7.53. The smallest absolute Gasteiger partial charge is 0.150 e. The van der Waals surface area contributed by atoms with Crippen molar-refractivity contribution in [2.75, 3.05) is 0 Å². The zero-order valence-corrected chi connectivity index (χ0v) is 13.3. The molecule has 0 atom stereocenters. The first kappa shape index (κ1) is 14.5. The molecule has 3 aromatic rings. The van der Waals surface area contributed by atoms with Crippen LogP contribution in [0.2, 0.25) is 0 Å². The summed E-state index contributed by atoms with van der Waals surface area (Å²) in [6.07, 6.45) is 0. The second-order valence-corrected chi connectivity index (χ2v) is 5.78. The summed E-state index contributed by atoms with van der Waals surface area (Å²) in [5.41, 5.74) is 2.68. The third-order valence-corrected chi connectivity index (χ3v) is 4.15. The third-order valence-electron chi connectivity index (χ3n) is 3.31. The minimum absolute atomic E-state index is 0.128. The Bertz CT molecular complexity index is 845. The number of rotatable bonds is 2. The molecule has 0 N–H and O–H groups in total. The van der Waals surface area contributed by atoms with E-state index in [1.54, 1.807) is 4.57 Å². The van der Waals surface area contributed by atoms with E-state index in [9.17, 15) is 8.78 Å². The fraction of sp³-hybridized carbons (Fsp3) is 0.133. The van der Waals surface area contributed by atoms with Gasteiger partial charge in [-0.2, -0.15) is 0 Å². The van der Waals surface area contributed by atoms with Crippen molar-refractivity contribution in [2.24, 2.45) is 0 Å². The molecule has 0 saturated carbocycles. The molecule has 0 fully saturated rings. The second kappa shape index (κ2) is 5.39. The van der Waals surface area contributed by atoms with E-state index < -0.39 is 11.6 Å². The van der Waals surface area contributed by atoms with Gasteiger partial charge >= 0.3 is 0 Å². The Balaban J connectivity index is 2.39. The maximum atomic E-state index is 14.2. The summed E-state index contributed by atoms with van der Waals surface area (Å²) in [5.74, 6) is -0.673. The van der Waals surface area contributed by atoms with Gasteiger partial charge in [-0.25, -0.2) is 13.8 Å². The maximum absolute atomic E-state index is 14.2. The summed E-state index contributed by atoms with van der Waals surface area (Å²) in [7, 11) is 0. The number of nitrogens with zero attached hydrogens (tertiary/aromatic N) is 2. The van der Waals surface area contributed by atoms with E-state index in [2.05, 4.69) is 20.9 Å². The number of aryl methyl sites for hydroxylation is 1. The highest BCUT2D eigenvalue weighted by Crippen LogP contribution is 2.29. The fourth-order valence-electron chi connectivity index (χ4n) is 2.33. The number of hydrogen-bond acceptors (Lipinski definition) is 1. The lowest BCUT2D eigenvalue weighted by Crippen LogP contribution is -2.03. The van der Waals surface area contributed by atoms with Gasteiger partial charge in [0, 0.05) is 6.07 Å². The third kappa shape index (κ3) is 2.34. The number of hydrogen-bond donors (Lipinski definition) is 0. The molecule has 0 saturated heterocycles. The van der Waals surface area contributed by atoms with Crippen molar-refractivity contribution in [1.29, 1.82) is 0 Å². The zero-order chi connectivity index (χ0) is 15.1. The lowest BCUT2D eigenvalue weighted by Gasteiger charge is -2.10. The highest BCUT2D eigenvalue weighted by atomic mass is 79.9. The molecule has 21 heavy (non-hydrogen) atoms. The Hall–Kier alpha value is -1.46. The van der Waals surface area contributed by atoms with E-state index in [1.165, 1.54) is 6.07 Å². The lowest BCUT2D eigenvalue weighted by atomic mass is 10.2. The molecule has 1 aromatic heterocycles. The monoisotopic (exact) mass is 370 g/mol. The van der Waals surface area contributed by atoms with Crippen LogP contribution in [0.3, 0.4) is 0 Å². The van der Waals surface area contributed by atoms with E-state index in [1.807, 2.05) is 25.1 Å². The molecule has 0 spiro atoms. The Labute approximate surface area is 133 Å². The molecule has 0 radical (unpaired) electrons. The molecule has 0 aliphatic carbocycles. The number of aromatic nitrogens is 2. The SMILES string of the molecule is Cc1cccc2c1nc(CCl)n2-c1cc(Br)c(F)cc1F. The first-order chi connectivity index (χ1) is 10.0. The molecular weight excluding hydrogens is 362 g/mol. The highest BCUT2D eigenvalue weighted by Gasteiger charge is 2.17. The van der Waals surface area contributed by atoms with Crippen LogP contribution in [0.1, 0.15) is 11.4 Å². The summed E-state index contributed by atoms with van der Waals surface area (Å²) >= 11 is 9.02. The summed E-state index contributed by atoms with van der Waals surface area (Å²) in [6.45, 7) is 1.93. The van der Waals surface area contributed by atoms with Gasteiger partial charge in [-0.3, -0.25) is 4.57 Å². The van der Waals surface area contributed by atoms with Gasteiger partial charge in [0.25, 0.3) is 0 Å². The molecule has 0 unspecified atom stereocenters. The van der Waals surface area contributed by atoms with Gasteiger partial charge in [0.1, 0.15) is 17.5 Å². The molecule has 3 rings (SSSR count). The number of para-hydroxylation sites is 1. The van der Waals surface area contributed by atoms with Crippen molar-refractivity contribution in [3.8, 4) is 5.69 Å². The van der Waals surface area contributed by atoms with E-state index in [-0.39, 0.29) is 16.0 Å². The van der Waals surface area contributed by atoms with Crippen LogP contribution in [0, 0.1) is 18.6 Å². The predicted molar refractivity (Wildman–Crippen MR) is 83.0 cm³/mol. The van der Waals surface area contributed by atoms with Gasteiger partial charge in [0.05, 0.1) is 27.1 Å². The quantitative estimate of drug-likeness (QED) is 0.452. The molecule has 2 nitrogen and oxygen atoms in total. The van der Waals surface area contributed by atoms with Crippen LogP contribution in [-0.4, -0.2) is 9.55 Å². The van der Waals surface area contributed by atoms with Gasteiger partial charge in [-0.15, -0.1) is 11.6 Å². The molecule has 0 aliphatic heterocycles. The zero-order valence-electron chi connectivity index (χ0n) is 11.0. The summed E-state index contributed by atoms with van der Waals surface area (Å²) in [5, 5.41) is 0. The fourth-order valence-corrected chi connectivity index (χ4v) is 2.84. The van der Waals surface area contributed by atoms with Crippen molar-refractivity contribution in [3.05, 3.63) is 57.8 Å². The largest absolute Gasteiger partial charge is 0.292 e. The molecular formula is C15H10BrClF2N2. The predicted octanol–water partition coefficient (Wildman–Crippen LogP) is 5.11. The molecule has 108 valence electrons. The average molecular weight is 372 g/mol. The van der Waals surface area contributed by atoms with Crippen LogP contribution < -0.4 is 0 Å². The van der Waals surface area contributed by atoms with Crippen LogP contribution in [0.15, 0.2) is 34.8 Å². The molecule has 2 aromatic carbocycles. The van der Waals surface area contributed by atoms with E-state index in [0.29, 0.717) is 5.82 Å². The van der Waals surface area contributed by atoms with Gasteiger partial charge in [0.15, 0.2) is 0 Å². The van der Waals surface area contributed by atoms with Gasteiger partial charge in [-0.05, 0) is 40.5 Å². The van der Waals surface area contributed by atoms with E-state index >= 15 is 0 Å². The molecule has 0 amide bonds. The molecule has 0 aliphatic rings. The minimum Gasteiger partial charge on any atom is -0.292 e. The topological polar surface area (TPSA) is 17.8 Å². The second-order valence-electron chi connectivity index (χ2n) is 4.66. The number of halogens is 4. The van der Waals surface area contributed by atoms with Crippen molar-refractivity contribution in [2.45, 2.75) is 12.8 Å². The van der Waals surface area contributed by atoms with Crippen molar-refractivity contribution < 1.29 is 8.78 Å².